The molecule has 3 rings (SSSR count). The van der Waals surface area contributed by atoms with Crippen molar-refractivity contribution in [3.8, 4) is 0 Å². The van der Waals surface area contributed by atoms with Gasteiger partial charge < -0.3 is 10.2 Å². The molecule has 3 aromatic rings. The highest BCUT2D eigenvalue weighted by atomic mass is 35.5. The topological polar surface area (TPSA) is 86.8 Å². The second kappa shape index (κ2) is 11.9. The molecule has 35 heavy (non-hydrogen) atoms. The zero-order valence-electron chi connectivity index (χ0n) is 19.6. The molecule has 1 atom stereocenters. The lowest BCUT2D eigenvalue weighted by molar-refractivity contribution is -0.138. The van der Waals surface area contributed by atoms with Gasteiger partial charge >= 0.3 is 0 Å². The Balaban J connectivity index is 1.94. The van der Waals surface area contributed by atoms with Gasteiger partial charge in [0.25, 0.3) is 10.0 Å². The highest BCUT2D eigenvalue weighted by molar-refractivity contribution is 7.92. The molecule has 9 heteroatoms. The van der Waals surface area contributed by atoms with Gasteiger partial charge in [0.15, 0.2) is 0 Å². The minimum Gasteiger partial charge on any atom is -0.357 e. The third-order valence-corrected chi connectivity index (χ3v) is 7.66. The summed E-state index contributed by atoms with van der Waals surface area (Å²) in [5, 5.41) is 2.97. The quantitative estimate of drug-likeness (QED) is 0.447. The lowest BCUT2D eigenvalue weighted by atomic mass is 10.1. The number of anilines is 1. The second-order valence-electron chi connectivity index (χ2n) is 7.91. The molecule has 0 spiro atoms. The summed E-state index contributed by atoms with van der Waals surface area (Å²) >= 11 is 5.94. The first-order valence-corrected chi connectivity index (χ1v) is 12.9. The minimum absolute atomic E-state index is 0.00809. The molecule has 0 aliphatic carbocycles. The molecular weight excluding hydrogens is 486 g/mol. The van der Waals surface area contributed by atoms with Gasteiger partial charge in [-0.1, -0.05) is 60.1 Å². The summed E-state index contributed by atoms with van der Waals surface area (Å²) in [6.07, 6.45) is 0.517. The standard InChI is InChI=1S/C26H28ClN3O4S/c1-20(26(32)28-2)29(18-17-21-9-5-3-6-10-21)25(31)19-30(23-11-7-4-8-12-23)35(33,34)24-15-13-22(27)14-16-24/h3-16,20H,17-19H2,1-2H3,(H,28,32)/t20-/m0/s1. The van der Waals surface area contributed by atoms with Crippen molar-refractivity contribution in [3.63, 3.8) is 0 Å². The number of carbonyl (C=O) groups excluding carboxylic acids is 2. The van der Waals surface area contributed by atoms with E-state index >= 15 is 0 Å². The number of amides is 2. The Morgan fingerprint density at radius 1 is 0.914 bits per heavy atom. The van der Waals surface area contributed by atoms with E-state index in [1.807, 2.05) is 30.3 Å². The largest absolute Gasteiger partial charge is 0.357 e. The zero-order chi connectivity index (χ0) is 25.4. The maximum atomic E-state index is 13.6. The molecule has 184 valence electrons. The van der Waals surface area contributed by atoms with E-state index in [2.05, 4.69) is 5.32 Å². The number of likely N-dealkylation sites (N-methyl/N-ethyl adjacent to an activating group) is 1. The Morgan fingerprint density at radius 2 is 1.49 bits per heavy atom. The number of sulfonamides is 1. The predicted molar refractivity (Wildman–Crippen MR) is 138 cm³/mol. The van der Waals surface area contributed by atoms with E-state index in [1.54, 1.807) is 37.3 Å². The molecule has 0 aliphatic rings. The summed E-state index contributed by atoms with van der Waals surface area (Å²) in [7, 11) is -2.59. The van der Waals surface area contributed by atoms with E-state index in [4.69, 9.17) is 11.6 Å². The molecule has 0 saturated carbocycles. The third kappa shape index (κ3) is 6.61. The van der Waals surface area contributed by atoms with Crippen molar-refractivity contribution in [1.29, 1.82) is 0 Å². The fraction of sp³-hybridized carbons (Fsp3) is 0.231. The number of hydrogen-bond acceptors (Lipinski definition) is 4. The summed E-state index contributed by atoms with van der Waals surface area (Å²) in [6.45, 7) is 1.41. The SMILES string of the molecule is CNC(=O)[C@H](C)N(CCc1ccccc1)C(=O)CN(c1ccccc1)S(=O)(=O)c1ccc(Cl)cc1. The van der Waals surface area contributed by atoms with Crippen molar-refractivity contribution in [2.24, 2.45) is 0 Å². The third-order valence-electron chi connectivity index (χ3n) is 5.62. The van der Waals surface area contributed by atoms with E-state index in [0.717, 1.165) is 9.87 Å². The van der Waals surface area contributed by atoms with Crippen LogP contribution in [-0.2, 0) is 26.0 Å². The number of para-hydroxylation sites is 1. The molecule has 0 aliphatic heterocycles. The molecule has 0 saturated heterocycles. The van der Waals surface area contributed by atoms with Crippen LogP contribution in [0.2, 0.25) is 5.02 Å². The maximum Gasteiger partial charge on any atom is 0.264 e. The average molecular weight is 514 g/mol. The number of hydrogen-bond donors (Lipinski definition) is 1. The van der Waals surface area contributed by atoms with Crippen LogP contribution < -0.4 is 9.62 Å². The Labute approximate surface area is 211 Å². The fourth-order valence-corrected chi connectivity index (χ4v) is 5.18. The first-order chi connectivity index (χ1) is 16.7. The van der Waals surface area contributed by atoms with Crippen LogP contribution in [0.25, 0.3) is 0 Å². The highest BCUT2D eigenvalue weighted by Gasteiger charge is 2.32. The maximum absolute atomic E-state index is 13.6. The van der Waals surface area contributed by atoms with Gasteiger partial charge in [-0.15, -0.1) is 0 Å². The van der Waals surface area contributed by atoms with Gasteiger partial charge in [0.2, 0.25) is 11.8 Å². The van der Waals surface area contributed by atoms with Gasteiger partial charge in [0.05, 0.1) is 10.6 Å². The Hall–Kier alpha value is -3.36. The molecule has 0 aromatic heterocycles. The first kappa shape index (κ1) is 26.2. The van der Waals surface area contributed by atoms with Gasteiger partial charge in [-0.05, 0) is 55.3 Å². The van der Waals surface area contributed by atoms with Gasteiger partial charge in [-0.25, -0.2) is 8.42 Å². The summed E-state index contributed by atoms with van der Waals surface area (Å²) in [5.41, 5.74) is 1.34. The molecular formula is C26H28ClN3O4S. The average Bonchev–Trinajstić information content (AvgIpc) is 2.88. The van der Waals surface area contributed by atoms with Gasteiger partial charge in [0.1, 0.15) is 12.6 Å². The summed E-state index contributed by atoms with van der Waals surface area (Å²) in [5.74, 6) is -0.823. The van der Waals surface area contributed by atoms with Gasteiger partial charge in [-0.3, -0.25) is 13.9 Å². The lowest BCUT2D eigenvalue weighted by Gasteiger charge is -2.31. The van der Waals surface area contributed by atoms with Crippen molar-refractivity contribution in [2.45, 2.75) is 24.3 Å². The van der Waals surface area contributed by atoms with Crippen LogP contribution in [0, 0.1) is 0 Å². The van der Waals surface area contributed by atoms with E-state index < -0.39 is 28.5 Å². The fourth-order valence-electron chi connectivity index (χ4n) is 3.64. The summed E-state index contributed by atoms with van der Waals surface area (Å²) in [6, 6.07) is 23.0. The Morgan fingerprint density at radius 3 is 2.06 bits per heavy atom. The molecule has 1 N–H and O–H groups in total. The molecule has 0 fully saturated rings. The summed E-state index contributed by atoms with van der Waals surface area (Å²) < 4.78 is 28.2. The van der Waals surface area contributed by atoms with E-state index in [1.165, 1.54) is 36.2 Å². The molecule has 0 heterocycles. The number of halogens is 1. The number of rotatable bonds is 10. The number of nitrogens with one attached hydrogen (secondary N) is 1. The zero-order valence-corrected chi connectivity index (χ0v) is 21.2. The normalized spacial score (nSPS) is 12.0. The van der Waals surface area contributed by atoms with Crippen LogP contribution in [0.5, 0.6) is 0 Å². The van der Waals surface area contributed by atoms with E-state index in [-0.39, 0.29) is 17.3 Å². The van der Waals surface area contributed by atoms with Gasteiger partial charge in [-0.2, -0.15) is 0 Å². The highest BCUT2D eigenvalue weighted by Crippen LogP contribution is 2.25. The van der Waals surface area contributed by atoms with Crippen molar-refractivity contribution in [2.75, 3.05) is 24.4 Å². The van der Waals surface area contributed by atoms with Crippen LogP contribution >= 0.6 is 11.6 Å². The van der Waals surface area contributed by atoms with Crippen molar-refractivity contribution in [3.05, 3.63) is 95.5 Å². The Bertz CT molecular complexity index is 1240. The summed E-state index contributed by atoms with van der Waals surface area (Å²) in [4.78, 5) is 27.4. The van der Waals surface area contributed by atoms with Crippen LogP contribution in [0.15, 0.2) is 89.8 Å². The Kier molecular flexibility index (Phi) is 8.89. The lowest BCUT2D eigenvalue weighted by Crippen LogP contribution is -2.51. The number of carbonyl (C=O) groups is 2. The van der Waals surface area contributed by atoms with Crippen LogP contribution in [0.1, 0.15) is 12.5 Å². The van der Waals surface area contributed by atoms with E-state index in [9.17, 15) is 18.0 Å². The molecule has 3 aromatic carbocycles. The number of benzene rings is 3. The van der Waals surface area contributed by atoms with Crippen molar-refractivity contribution in [1.82, 2.24) is 10.2 Å². The van der Waals surface area contributed by atoms with Gasteiger partial charge in [0, 0.05) is 18.6 Å². The molecule has 2 amide bonds. The van der Waals surface area contributed by atoms with Crippen LogP contribution in [0.3, 0.4) is 0 Å². The monoisotopic (exact) mass is 513 g/mol. The van der Waals surface area contributed by atoms with Crippen molar-refractivity contribution < 1.29 is 18.0 Å². The first-order valence-electron chi connectivity index (χ1n) is 11.1. The minimum atomic E-state index is -4.09. The van der Waals surface area contributed by atoms with E-state index in [0.29, 0.717) is 17.1 Å². The predicted octanol–water partition coefficient (Wildman–Crippen LogP) is 3.74. The van der Waals surface area contributed by atoms with Crippen molar-refractivity contribution >= 4 is 39.1 Å². The molecule has 0 unspecified atom stereocenters. The smallest absolute Gasteiger partial charge is 0.264 e. The molecule has 0 radical (unpaired) electrons. The number of nitrogens with zero attached hydrogens (tertiary/aromatic N) is 2. The van der Waals surface area contributed by atoms with Crippen LogP contribution in [0.4, 0.5) is 5.69 Å². The van der Waals surface area contributed by atoms with Crippen LogP contribution in [-0.4, -0.2) is 51.3 Å². The molecule has 7 nitrogen and oxygen atoms in total. The molecule has 0 bridgehead atoms. The second-order valence-corrected chi connectivity index (χ2v) is 10.2.